The molecule has 1 fully saturated rings. The number of carbonyl (C=O) groups excluding carboxylic acids is 2. The van der Waals surface area contributed by atoms with Crippen LogP contribution in [0.4, 0.5) is 0 Å². The van der Waals surface area contributed by atoms with Crippen LogP contribution in [0.25, 0.3) is 10.1 Å². The van der Waals surface area contributed by atoms with Gasteiger partial charge in [0.1, 0.15) is 11.5 Å². The lowest BCUT2D eigenvalue weighted by molar-refractivity contribution is -0.120. The first-order valence-corrected chi connectivity index (χ1v) is 10.2. The fraction of sp³-hybridized carbons (Fsp3) is 0.350. The molecule has 1 aliphatic carbocycles. The molecule has 3 rings (SSSR count). The van der Waals surface area contributed by atoms with Crippen molar-refractivity contribution in [1.29, 1.82) is 10.8 Å². The number of fused-ring (bicyclic) bond motifs is 1. The van der Waals surface area contributed by atoms with Gasteiger partial charge in [-0.05, 0) is 54.3 Å². The molecule has 8 nitrogen and oxygen atoms in total. The molecule has 152 valence electrons. The van der Waals surface area contributed by atoms with Crippen LogP contribution in [0, 0.1) is 16.7 Å². The van der Waals surface area contributed by atoms with Crippen molar-refractivity contribution in [2.45, 2.75) is 25.7 Å². The van der Waals surface area contributed by atoms with Crippen molar-refractivity contribution in [1.82, 2.24) is 15.2 Å². The van der Waals surface area contributed by atoms with Gasteiger partial charge in [0.05, 0.1) is 5.39 Å². The van der Waals surface area contributed by atoms with E-state index in [0.29, 0.717) is 17.4 Å². The summed E-state index contributed by atoms with van der Waals surface area (Å²) in [6.07, 6.45) is 5.45. The van der Waals surface area contributed by atoms with Gasteiger partial charge in [0.25, 0.3) is 11.5 Å². The molecule has 1 saturated carbocycles. The smallest absolute Gasteiger partial charge is 0.269 e. The largest absolute Gasteiger partial charge is 0.354 e. The zero-order chi connectivity index (χ0) is 21.1. The lowest BCUT2D eigenvalue weighted by Gasteiger charge is -2.10. The molecule has 0 atom stereocenters. The average molecular weight is 414 g/mol. The van der Waals surface area contributed by atoms with Crippen LogP contribution in [0.3, 0.4) is 0 Å². The molecule has 0 spiro atoms. The van der Waals surface area contributed by atoms with Crippen LogP contribution < -0.4 is 16.2 Å². The van der Waals surface area contributed by atoms with E-state index in [2.05, 4.69) is 10.6 Å². The average Bonchev–Trinajstić information content (AvgIpc) is 3.47. The van der Waals surface area contributed by atoms with Gasteiger partial charge in [-0.1, -0.05) is 0 Å². The predicted molar refractivity (Wildman–Crippen MR) is 114 cm³/mol. The molecule has 29 heavy (non-hydrogen) atoms. The van der Waals surface area contributed by atoms with E-state index in [-0.39, 0.29) is 35.4 Å². The van der Waals surface area contributed by atoms with E-state index in [1.807, 2.05) is 11.4 Å². The predicted octanol–water partition coefficient (Wildman–Crippen LogP) is 1.73. The third-order valence-corrected chi connectivity index (χ3v) is 5.84. The number of nitrogens with one attached hydrogen (secondary N) is 4. The topological polar surface area (TPSA) is 128 Å². The normalized spacial score (nSPS) is 13.9. The Labute approximate surface area is 171 Å². The summed E-state index contributed by atoms with van der Waals surface area (Å²) in [6, 6.07) is 1.89. The maximum Gasteiger partial charge on any atom is 0.269 e. The summed E-state index contributed by atoms with van der Waals surface area (Å²) < 4.78 is 2.41. The van der Waals surface area contributed by atoms with Crippen molar-refractivity contribution in [3.8, 4) is 0 Å². The number of amides is 2. The summed E-state index contributed by atoms with van der Waals surface area (Å²) in [5.74, 6) is -0.955. The van der Waals surface area contributed by atoms with Gasteiger partial charge >= 0.3 is 0 Å². The summed E-state index contributed by atoms with van der Waals surface area (Å²) in [6.45, 7) is 0. The molecular formula is C20H23N5O3S. The van der Waals surface area contributed by atoms with Crippen molar-refractivity contribution in [3.63, 3.8) is 0 Å². The number of nitrogens with zero attached hydrogens (tertiary/aromatic N) is 1. The minimum absolute atomic E-state index is 0.0426. The van der Waals surface area contributed by atoms with E-state index in [0.717, 1.165) is 23.1 Å². The molecule has 0 saturated heterocycles. The molecular weight excluding hydrogens is 390 g/mol. The van der Waals surface area contributed by atoms with E-state index in [9.17, 15) is 14.4 Å². The van der Waals surface area contributed by atoms with Crippen molar-refractivity contribution >= 4 is 44.8 Å². The fourth-order valence-electron chi connectivity index (χ4n) is 2.98. The Bertz CT molecular complexity index is 1090. The molecule has 9 heteroatoms. The highest BCUT2D eigenvalue weighted by atomic mass is 32.1. The van der Waals surface area contributed by atoms with Crippen molar-refractivity contribution in [2.75, 3.05) is 7.05 Å². The van der Waals surface area contributed by atoms with E-state index < -0.39 is 5.91 Å². The molecule has 2 amide bonds. The summed E-state index contributed by atoms with van der Waals surface area (Å²) in [7, 11) is 3.13. The Morgan fingerprint density at radius 2 is 2.07 bits per heavy atom. The van der Waals surface area contributed by atoms with Crippen LogP contribution in [0.2, 0.25) is 0 Å². The minimum atomic E-state index is -0.566. The minimum Gasteiger partial charge on any atom is -0.354 e. The Balaban J connectivity index is 1.82. The van der Waals surface area contributed by atoms with Crippen molar-refractivity contribution < 1.29 is 9.59 Å². The zero-order valence-corrected chi connectivity index (χ0v) is 17.1. The number of aromatic nitrogens is 1. The third kappa shape index (κ3) is 4.68. The molecule has 0 unspecified atom stereocenters. The van der Waals surface area contributed by atoms with Gasteiger partial charge in [0.2, 0.25) is 5.91 Å². The zero-order valence-electron chi connectivity index (χ0n) is 16.3. The summed E-state index contributed by atoms with van der Waals surface area (Å²) >= 11 is 1.48. The monoisotopic (exact) mass is 413 g/mol. The molecule has 2 heterocycles. The number of hydrogen-bond donors (Lipinski definition) is 4. The van der Waals surface area contributed by atoms with E-state index in [1.54, 1.807) is 13.2 Å². The van der Waals surface area contributed by atoms with E-state index in [4.69, 9.17) is 10.8 Å². The molecule has 0 aliphatic heterocycles. The standard InChI is InChI=1S/C20H23N5O3S/c1-23-19(27)17(22)12(9-15(21)24-18(26)11-3-4-11)5-6-13-10-29-14-7-8-25(2)20(28)16(13)14/h7-11,22H,3-6H2,1-2H3,(H,23,27)(H2,21,24,26)/b12-9-,22-17?. The van der Waals surface area contributed by atoms with Crippen LogP contribution in [0.5, 0.6) is 0 Å². The second-order valence-corrected chi connectivity index (χ2v) is 7.94. The number of carbonyl (C=O) groups is 2. The van der Waals surface area contributed by atoms with E-state index >= 15 is 0 Å². The third-order valence-electron chi connectivity index (χ3n) is 4.84. The van der Waals surface area contributed by atoms with Gasteiger partial charge in [0.15, 0.2) is 0 Å². The first-order chi connectivity index (χ1) is 13.8. The first kappa shape index (κ1) is 20.7. The maximum absolute atomic E-state index is 12.5. The van der Waals surface area contributed by atoms with Crippen molar-refractivity contribution in [2.24, 2.45) is 13.0 Å². The molecule has 2 aromatic rings. The highest BCUT2D eigenvalue weighted by Gasteiger charge is 2.30. The number of amidine groups is 1. The lowest BCUT2D eigenvalue weighted by Crippen LogP contribution is -2.32. The number of rotatable bonds is 7. The van der Waals surface area contributed by atoms with Crippen LogP contribution in [0.15, 0.2) is 34.1 Å². The van der Waals surface area contributed by atoms with Crippen LogP contribution in [-0.4, -0.2) is 35.0 Å². The fourth-order valence-corrected chi connectivity index (χ4v) is 3.96. The number of hydrogen-bond acceptors (Lipinski definition) is 6. The van der Waals surface area contributed by atoms with Gasteiger partial charge in [-0.15, -0.1) is 11.3 Å². The molecule has 0 aromatic carbocycles. The molecule has 1 aliphatic rings. The Morgan fingerprint density at radius 3 is 2.72 bits per heavy atom. The number of thiophene rings is 1. The van der Waals surface area contributed by atoms with Gasteiger partial charge < -0.3 is 15.2 Å². The van der Waals surface area contributed by atoms with Gasteiger partial charge in [-0.2, -0.15) is 0 Å². The van der Waals surface area contributed by atoms with E-state index in [1.165, 1.54) is 29.0 Å². The van der Waals surface area contributed by atoms with Crippen LogP contribution >= 0.6 is 11.3 Å². The second-order valence-electron chi connectivity index (χ2n) is 7.03. The van der Waals surface area contributed by atoms with Crippen molar-refractivity contribution in [3.05, 3.63) is 45.2 Å². The Hall–Kier alpha value is -3.07. The highest BCUT2D eigenvalue weighted by Crippen LogP contribution is 2.28. The summed E-state index contributed by atoms with van der Waals surface area (Å²) in [5, 5.41) is 23.6. The number of aryl methyl sites for hydroxylation is 2. The van der Waals surface area contributed by atoms with Crippen LogP contribution in [-0.2, 0) is 23.1 Å². The molecule has 0 bridgehead atoms. The Morgan fingerprint density at radius 1 is 1.34 bits per heavy atom. The lowest BCUT2D eigenvalue weighted by atomic mass is 9.99. The number of pyridine rings is 1. The maximum atomic E-state index is 12.5. The summed E-state index contributed by atoms with van der Waals surface area (Å²) in [4.78, 5) is 36.3. The quantitative estimate of drug-likeness (QED) is 0.408. The Kier molecular flexibility index (Phi) is 6.07. The van der Waals surface area contributed by atoms with Crippen LogP contribution in [0.1, 0.15) is 24.8 Å². The SMILES string of the molecule is CNC(=O)C(=N)/C(=C\C(=N)NC(=O)C1CC1)CCc1csc2ccn(C)c(=O)c12. The molecule has 0 radical (unpaired) electrons. The highest BCUT2D eigenvalue weighted by molar-refractivity contribution is 7.17. The van der Waals surface area contributed by atoms with Gasteiger partial charge in [0, 0.05) is 30.9 Å². The van der Waals surface area contributed by atoms with Gasteiger partial charge in [-0.3, -0.25) is 25.2 Å². The van der Waals surface area contributed by atoms with Gasteiger partial charge in [-0.25, -0.2) is 0 Å². The molecule has 2 aromatic heterocycles. The summed E-state index contributed by atoms with van der Waals surface area (Å²) in [5.41, 5.74) is 0.827. The second kappa shape index (κ2) is 8.52. The first-order valence-electron chi connectivity index (χ1n) is 9.28. The molecule has 4 N–H and O–H groups in total.